The Balaban J connectivity index is 2.15. The van der Waals surface area contributed by atoms with Crippen LogP contribution in [0.2, 0.25) is 0 Å². The maximum atomic E-state index is 12.8. The van der Waals surface area contributed by atoms with Gasteiger partial charge in [-0.3, -0.25) is 0 Å². The highest BCUT2D eigenvalue weighted by Gasteiger charge is 2.30. The highest BCUT2D eigenvalue weighted by Crippen LogP contribution is 2.33. The van der Waals surface area contributed by atoms with Gasteiger partial charge < -0.3 is 14.7 Å². The van der Waals surface area contributed by atoms with Gasteiger partial charge in [-0.05, 0) is 24.6 Å². The monoisotopic (exact) mass is 395 g/mol. The molecule has 0 amide bonds. The molecule has 0 spiro atoms. The summed E-state index contributed by atoms with van der Waals surface area (Å²) >= 11 is 0. The number of nitrogens with zero attached hydrogens (tertiary/aromatic N) is 5. The van der Waals surface area contributed by atoms with E-state index in [4.69, 9.17) is 4.74 Å². The third-order valence-electron chi connectivity index (χ3n) is 4.41. The molecule has 0 unspecified atom stereocenters. The summed E-state index contributed by atoms with van der Waals surface area (Å²) in [5, 5.41) is 14.6. The number of benzene rings is 1. The number of ether oxygens (including phenoxy) is 1. The van der Waals surface area contributed by atoms with Gasteiger partial charge in [-0.25, -0.2) is 4.68 Å². The second kappa shape index (κ2) is 7.27. The van der Waals surface area contributed by atoms with Crippen LogP contribution >= 0.6 is 0 Å². The average Bonchev–Trinajstić information content (AvgIpc) is 3.04. The Bertz CT molecular complexity index is 984. The van der Waals surface area contributed by atoms with Gasteiger partial charge in [-0.2, -0.15) is 28.2 Å². The second-order valence-corrected chi connectivity index (χ2v) is 6.47. The number of hydrogen-bond acceptors (Lipinski definition) is 6. The number of fused-ring (bicyclic) bond motifs is 1. The number of alkyl halides is 3. The number of aliphatic hydroxyl groups is 1. The third-order valence-corrected chi connectivity index (χ3v) is 4.41. The van der Waals surface area contributed by atoms with Crippen molar-refractivity contribution in [3.8, 4) is 5.88 Å². The fourth-order valence-corrected chi connectivity index (χ4v) is 2.88. The van der Waals surface area contributed by atoms with E-state index in [9.17, 15) is 18.3 Å². The number of aliphatic hydroxyl groups excluding tert-OH is 1. The Morgan fingerprint density at radius 2 is 1.82 bits per heavy atom. The highest BCUT2D eigenvalue weighted by molar-refractivity contribution is 5.85. The molecule has 1 atom stereocenters. The van der Waals surface area contributed by atoms with Crippen LogP contribution in [0.3, 0.4) is 0 Å². The molecule has 1 aromatic carbocycles. The average molecular weight is 395 g/mol. The Hall–Kier alpha value is -2.88. The molecule has 0 aliphatic rings. The van der Waals surface area contributed by atoms with Crippen molar-refractivity contribution in [2.75, 3.05) is 26.1 Å². The first-order valence-electron chi connectivity index (χ1n) is 8.45. The molecule has 0 radical (unpaired) electrons. The number of rotatable bonds is 5. The molecule has 1 N–H and O–H groups in total. The molecular weight excluding hydrogens is 375 g/mol. The summed E-state index contributed by atoms with van der Waals surface area (Å²) in [5.41, 5.74) is 0.650. The predicted molar refractivity (Wildman–Crippen MR) is 97.4 cm³/mol. The van der Waals surface area contributed by atoms with Crippen molar-refractivity contribution in [1.29, 1.82) is 0 Å². The molecule has 2 aromatic heterocycles. The molecule has 3 aromatic rings. The summed E-state index contributed by atoms with van der Waals surface area (Å²) in [6, 6.07) is 4.45. The summed E-state index contributed by atoms with van der Waals surface area (Å²) in [5.74, 6) is 0.651. The molecule has 3 rings (SSSR count). The molecule has 2 heterocycles. The van der Waals surface area contributed by atoms with Crippen LogP contribution in [0.5, 0.6) is 5.88 Å². The molecule has 28 heavy (non-hydrogen) atoms. The van der Waals surface area contributed by atoms with E-state index < -0.39 is 17.8 Å². The van der Waals surface area contributed by atoms with Gasteiger partial charge >= 0.3 is 6.18 Å². The number of hydrogen-bond donors (Lipinski definition) is 1. The normalized spacial score (nSPS) is 13.0. The maximum Gasteiger partial charge on any atom is 0.416 e. The van der Waals surface area contributed by atoms with E-state index in [1.807, 2.05) is 0 Å². The molecule has 0 fully saturated rings. The predicted octanol–water partition coefficient (Wildman–Crippen LogP) is 3.02. The first-order valence-corrected chi connectivity index (χ1v) is 8.45. The summed E-state index contributed by atoms with van der Waals surface area (Å²) in [6.07, 6.45) is -4.40. The minimum Gasteiger partial charge on any atom is -0.480 e. The zero-order chi connectivity index (χ0) is 20.6. The van der Waals surface area contributed by atoms with E-state index in [-0.39, 0.29) is 12.5 Å². The Labute approximate surface area is 159 Å². The van der Waals surface area contributed by atoms with Crippen LogP contribution in [0.15, 0.2) is 24.3 Å². The van der Waals surface area contributed by atoms with Gasteiger partial charge in [0.15, 0.2) is 5.65 Å². The molecule has 0 aliphatic heterocycles. The van der Waals surface area contributed by atoms with Gasteiger partial charge in [0.25, 0.3) is 0 Å². The van der Waals surface area contributed by atoms with E-state index in [1.54, 1.807) is 30.6 Å². The number of anilines is 1. The van der Waals surface area contributed by atoms with Crippen LogP contribution in [-0.2, 0) is 12.8 Å². The van der Waals surface area contributed by atoms with Crippen LogP contribution < -0.4 is 9.64 Å². The van der Waals surface area contributed by atoms with Crippen LogP contribution in [0.25, 0.3) is 11.0 Å². The van der Waals surface area contributed by atoms with Gasteiger partial charge in [-0.15, -0.1) is 0 Å². The summed E-state index contributed by atoms with van der Waals surface area (Å²) in [6.45, 7) is 1.43. The molecule has 0 saturated carbocycles. The van der Waals surface area contributed by atoms with E-state index in [2.05, 4.69) is 15.1 Å². The molecular formula is C18H20F3N5O2. The number of halogens is 3. The van der Waals surface area contributed by atoms with Crippen LogP contribution in [0, 0.1) is 0 Å². The molecule has 0 bridgehead atoms. The van der Waals surface area contributed by atoms with Gasteiger partial charge in [0.05, 0.1) is 25.3 Å². The van der Waals surface area contributed by atoms with E-state index in [1.165, 1.54) is 19.2 Å². The zero-order valence-corrected chi connectivity index (χ0v) is 15.8. The quantitative estimate of drug-likeness (QED) is 0.716. The molecule has 0 saturated heterocycles. The Morgan fingerprint density at radius 3 is 2.32 bits per heavy atom. The molecule has 10 heteroatoms. The van der Waals surface area contributed by atoms with Crippen LogP contribution in [0.1, 0.15) is 29.8 Å². The smallest absolute Gasteiger partial charge is 0.416 e. The molecule has 150 valence electrons. The van der Waals surface area contributed by atoms with Crippen molar-refractivity contribution in [2.45, 2.75) is 25.7 Å². The molecule has 7 nitrogen and oxygen atoms in total. The van der Waals surface area contributed by atoms with Crippen molar-refractivity contribution < 1.29 is 23.0 Å². The van der Waals surface area contributed by atoms with Crippen molar-refractivity contribution >= 4 is 17.0 Å². The van der Waals surface area contributed by atoms with Crippen LogP contribution in [-0.4, -0.2) is 46.1 Å². The SMILES string of the molecule is COc1nc(N(C)C)nc2c1c(CO)nn2[C@@H](C)c1ccc(C(F)(F)F)cc1. The van der Waals surface area contributed by atoms with Crippen LogP contribution in [0.4, 0.5) is 19.1 Å². The third kappa shape index (κ3) is 3.47. The summed E-state index contributed by atoms with van der Waals surface area (Å²) < 4.78 is 45.4. The fourth-order valence-electron chi connectivity index (χ4n) is 2.88. The van der Waals surface area contributed by atoms with E-state index in [0.29, 0.717) is 28.2 Å². The Morgan fingerprint density at radius 1 is 1.18 bits per heavy atom. The van der Waals surface area contributed by atoms with Gasteiger partial charge in [0.1, 0.15) is 11.1 Å². The minimum atomic E-state index is -4.40. The van der Waals surface area contributed by atoms with Gasteiger partial charge in [0, 0.05) is 14.1 Å². The topological polar surface area (TPSA) is 76.3 Å². The lowest BCUT2D eigenvalue weighted by molar-refractivity contribution is -0.137. The maximum absolute atomic E-state index is 12.8. The first kappa shape index (κ1) is 19.9. The Kier molecular flexibility index (Phi) is 5.16. The largest absolute Gasteiger partial charge is 0.480 e. The number of methoxy groups -OCH3 is 1. The van der Waals surface area contributed by atoms with Crippen molar-refractivity contribution in [2.24, 2.45) is 0 Å². The van der Waals surface area contributed by atoms with E-state index >= 15 is 0 Å². The lowest BCUT2D eigenvalue weighted by Gasteiger charge is -2.16. The fraction of sp³-hybridized carbons (Fsp3) is 0.389. The second-order valence-electron chi connectivity index (χ2n) is 6.47. The van der Waals surface area contributed by atoms with Gasteiger partial charge in [0.2, 0.25) is 11.8 Å². The highest BCUT2D eigenvalue weighted by atomic mass is 19.4. The summed E-state index contributed by atoms with van der Waals surface area (Å²) in [7, 11) is 5.00. The zero-order valence-electron chi connectivity index (χ0n) is 15.8. The van der Waals surface area contributed by atoms with Crippen molar-refractivity contribution in [3.63, 3.8) is 0 Å². The molecule has 0 aliphatic carbocycles. The van der Waals surface area contributed by atoms with Crippen molar-refractivity contribution in [3.05, 3.63) is 41.1 Å². The number of aromatic nitrogens is 4. The first-order chi connectivity index (χ1) is 13.2. The van der Waals surface area contributed by atoms with Crippen molar-refractivity contribution in [1.82, 2.24) is 19.7 Å². The van der Waals surface area contributed by atoms with Gasteiger partial charge in [-0.1, -0.05) is 12.1 Å². The summed E-state index contributed by atoms with van der Waals surface area (Å²) in [4.78, 5) is 10.5. The lowest BCUT2D eigenvalue weighted by atomic mass is 10.1. The van der Waals surface area contributed by atoms with E-state index in [0.717, 1.165) is 12.1 Å². The minimum absolute atomic E-state index is 0.267. The lowest BCUT2D eigenvalue weighted by Crippen LogP contribution is -2.15. The standard InChI is InChI=1S/C18H20F3N5O2/c1-10(11-5-7-12(8-6-11)18(19,20)21)26-15-14(13(9-27)24-26)16(28-4)23-17(22-15)25(2)3/h5-8,10,27H,9H2,1-4H3/t10-/m0/s1.